The third-order valence-corrected chi connectivity index (χ3v) is 3.94. The van der Waals surface area contributed by atoms with E-state index in [0.29, 0.717) is 18.7 Å². The monoisotopic (exact) mass is 285 g/mol. The molecule has 1 atom stereocenters. The second-order valence-electron chi connectivity index (χ2n) is 5.28. The number of carbonyl (C=O) groups is 1. The van der Waals surface area contributed by atoms with Crippen LogP contribution in [0.1, 0.15) is 22.7 Å². The SMILES string of the molecule is O=C(O)C(c1ccc(F)cc1)N1CCc2ccccc2C1. The zero-order valence-electron chi connectivity index (χ0n) is 11.5. The van der Waals surface area contributed by atoms with Crippen molar-refractivity contribution < 1.29 is 14.3 Å². The van der Waals surface area contributed by atoms with E-state index < -0.39 is 12.0 Å². The predicted molar refractivity (Wildman–Crippen MR) is 77.3 cm³/mol. The van der Waals surface area contributed by atoms with Crippen LogP contribution in [0.4, 0.5) is 4.39 Å². The molecule has 1 N–H and O–H groups in total. The summed E-state index contributed by atoms with van der Waals surface area (Å²) in [6.45, 7) is 1.29. The van der Waals surface area contributed by atoms with Gasteiger partial charge in [-0.2, -0.15) is 0 Å². The van der Waals surface area contributed by atoms with Crippen molar-refractivity contribution >= 4 is 5.97 Å². The van der Waals surface area contributed by atoms with E-state index in [4.69, 9.17) is 0 Å². The lowest BCUT2D eigenvalue weighted by atomic mass is 9.96. The minimum atomic E-state index is -0.902. The van der Waals surface area contributed by atoms with E-state index in [0.717, 1.165) is 12.0 Å². The molecule has 4 heteroatoms. The van der Waals surface area contributed by atoms with Gasteiger partial charge in [0, 0.05) is 13.1 Å². The van der Waals surface area contributed by atoms with Crippen molar-refractivity contribution in [1.29, 1.82) is 0 Å². The van der Waals surface area contributed by atoms with Crippen LogP contribution in [-0.4, -0.2) is 22.5 Å². The molecule has 1 unspecified atom stereocenters. The van der Waals surface area contributed by atoms with Gasteiger partial charge >= 0.3 is 5.97 Å². The van der Waals surface area contributed by atoms with E-state index in [-0.39, 0.29) is 5.82 Å². The molecule has 0 amide bonds. The summed E-state index contributed by atoms with van der Waals surface area (Å²) in [5, 5.41) is 9.56. The molecule has 3 rings (SSSR count). The number of benzene rings is 2. The van der Waals surface area contributed by atoms with Gasteiger partial charge < -0.3 is 5.11 Å². The van der Waals surface area contributed by atoms with Gasteiger partial charge in [-0.15, -0.1) is 0 Å². The number of carboxylic acid groups (broad SMARTS) is 1. The standard InChI is InChI=1S/C17H16FNO2/c18-15-7-5-13(6-8-15)16(17(20)21)19-10-9-12-3-1-2-4-14(12)11-19/h1-8,16H,9-11H2,(H,20,21). The van der Waals surface area contributed by atoms with Gasteiger partial charge in [0.25, 0.3) is 0 Å². The summed E-state index contributed by atoms with van der Waals surface area (Å²) in [5.41, 5.74) is 3.05. The molecule has 0 aliphatic carbocycles. The van der Waals surface area contributed by atoms with E-state index in [1.807, 2.05) is 23.1 Å². The van der Waals surface area contributed by atoms with Crippen LogP contribution >= 0.6 is 0 Å². The lowest BCUT2D eigenvalue weighted by Crippen LogP contribution is -2.38. The van der Waals surface area contributed by atoms with Crippen LogP contribution in [0.5, 0.6) is 0 Å². The van der Waals surface area contributed by atoms with Gasteiger partial charge in [0.05, 0.1) is 0 Å². The second-order valence-corrected chi connectivity index (χ2v) is 5.28. The van der Waals surface area contributed by atoms with E-state index in [1.54, 1.807) is 12.1 Å². The molecule has 108 valence electrons. The molecule has 2 aromatic carbocycles. The largest absolute Gasteiger partial charge is 0.480 e. The molecule has 0 fully saturated rings. The average Bonchev–Trinajstić information content (AvgIpc) is 2.49. The number of fused-ring (bicyclic) bond motifs is 1. The zero-order chi connectivity index (χ0) is 14.8. The van der Waals surface area contributed by atoms with Crippen LogP contribution in [0.2, 0.25) is 0 Å². The molecule has 21 heavy (non-hydrogen) atoms. The summed E-state index contributed by atoms with van der Waals surface area (Å²) >= 11 is 0. The first kappa shape index (κ1) is 13.8. The number of aliphatic carboxylic acids is 1. The molecular weight excluding hydrogens is 269 g/mol. The lowest BCUT2D eigenvalue weighted by molar-refractivity contribution is -0.144. The third-order valence-electron chi connectivity index (χ3n) is 3.94. The summed E-state index contributed by atoms with van der Waals surface area (Å²) in [7, 11) is 0. The maximum atomic E-state index is 13.0. The summed E-state index contributed by atoms with van der Waals surface area (Å²) in [6, 6.07) is 13.1. The first-order chi connectivity index (χ1) is 10.1. The number of hydrogen-bond donors (Lipinski definition) is 1. The fraction of sp³-hybridized carbons (Fsp3) is 0.235. The Labute approximate surface area is 122 Å². The molecule has 1 aliphatic rings. The zero-order valence-corrected chi connectivity index (χ0v) is 11.5. The van der Waals surface area contributed by atoms with Crippen molar-refractivity contribution in [3.63, 3.8) is 0 Å². The molecule has 1 aliphatic heterocycles. The van der Waals surface area contributed by atoms with Crippen LogP contribution in [0.15, 0.2) is 48.5 Å². The van der Waals surface area contributed by atoms with Crippen molar-refractivity contribution in [2.75, 3.05) is 6.54 Å². The maximum Gasteiger partial charge on any atom is 0.325 e. The predicted octanol–water partition coefficient (Wildman–Crippen LogP) is 3.01. The van der Waals surface area contributed by atoms with E-state index >= 15 is 0 Å². The average molecular weight is 285 g/mol. The maximum absolute atomic E-state index is 13.0. The molecule has 0 radical (unpaired) electrons. The quantitative estimate of drug-likeness (QED) is 0.942. The van der Waals surface area contributed by atoms with Gasteiger partial charge in [-0.05, 0) is 35.2 Å². The van der Waals surface area contributed by atoms with E-state index in [9.17, 15) is 14.3 Å². The Morgan fingerprint density at radius 3 is 2.43 bits per heavy atom. The number of rotatable bonds is 3. The van der Waals surface area contributed by atoms with E-state index in [2.05, 4.69) is 6.07 Å². The minimum absolute atomic E-state index is 0.355. The lowest BCUT2D eigenvalue weighted by Gasteiger charge is -2.33. The van der Waals surface area contributed by atoms with Crippen molar-refractivity contribution in [2.45, 2.75) is 19.0 Å². The summed E-state index contributed by atoms with van der Waals surface area (Å²) in [5.74, 6) is -1.26. The van der Waals surface area contributed by atoms with Crippen LogP contribution in [-0.2, 0) is 17.8 Å². The van der Waals surface area contributed by atoms with Crippen molar-refractivity contribution in [3.8, 4) is 0 Å². The summed E-state index contributed by atoms with van der Waals surface area (Å²) in [4.78, 5) is 13.6. The molecule has 2 aromatic rings. The van der Waals surface area contributed by atoms with Gasteiger partial charge in [0.2, 0.25) is 0 Å². The molecule has 0 saturated carbocycles. The van der Waals surface area contributed by atoms with Crippen LogP contribution in [0, 0.1) is 5.82 Å². The molecule has 0 bridgehead atoms. The molecule has 0 saturated heterocycles. The molecule has 3 nitrogen and oxygen atoms in total. The van der Waals surface area contributed by atoms with Gasteiger partial charge in [0.1, 0.15) is 11.9 Å². The normalized spacial score (nSPS) is 16.2. The van der Waals surface area contributed by atoms with Crippen LogP contribution in [0.25, 0.3) is 0 Å². The number of carboxylic acids is 1. The first-order valence-corrected chi connectivity index (χ1v) is 6.94. The highest BCUT2D eigenvalue weighted by molar-refractivity contribution is 5.75. The Kier molecular flexibility index (Phi) is 3.71. The van der Waals surface area contributed by atoms with Gasteiger partial charge in [0.15, 0.2) is 0 Å². The molecule has 0 spiro atoms. The van der Waals surface area contributed by atoms with Gasteiger partial charge in [-0.25, -0.2) is 4.39 Å². The number of nitrogens with zero attached hydrogens (tertiary/aromatic N) is 1. The van der Waals surface area contributed by atoms with Gasteiger partial charge in [-0.3, -0.25) is 9.69 Å². The minimum Gasteiger partial charge on any atom is -0.480 e. The van der Waals surface area contributed by atoms with Crippen LogP contribution in [0.3, 0.4) is 0 Å². The Bertz CT molecular complexity index is 654. The summed E-state index contributed by atoms with van der Waals surface area (Å²) < 4.78 is 13.0. The smallest absolute Gasteiger partial charge is 0.325 e. The molecule has 1 heterocycles. The van der Waals surface area contributed by atoms with Crippen molar-refractivity contribution in [2.24, 2.45) is 0 Å². The Balaban J connectivity index is 1.89. The fourth-order valence-electron chi connectivity index (χ4n) is 2.89. The third kappa shape index (κ3) is 2.81. The second kappa shape index (κ2) is 5.66. The van der Waals surface area contributed by atoms with Gasteiger partial charge in [-0.1, -0.05) is 36.4 Å². The van der Waals surface area contributed by atoms with Crippen molar-refractivity contribution in [1.82, 2.24) is 4.90 Å². The number of halogens is 1. The Hall–Kier alpha value is -2.20. The molecular formula is C17H16FNO2. The number of hydrogen-bond acceptors (Lipinski definition) is 2. The highest BCUT2D eigenvalue weighted by Crippen LogP contribution is 2.28. The van der Waals surface area contributed by atoms with Crippen molar-refractivity contribution in [3.05, 3.63) is 71.0 Å². The molecule has 0 aromatic heterocycles. The highest BCUT2D eigenvalue weighted by atomic mass is 19.1. The topological polar surface area (TPSA) is 40.5 Å². The Morgan fingerprint density at radius 1 is 1.10 bits per heavy atom. The summed E-state index contributed by atoms with van der Waals surface area (Å²) in [6.07, 6.45) is 0.834. The van der Waals surface area contributed by atoms with E-state index in [1.165, 1.54) is 17.7 Å². The van der Waals surface area contributed by atoms with Crippen LogP contribution < -0.4 is 0 Å². The first-order valence-electron chi connectivity index (χ1n) is 6.94. The Morgan fingerprint density at radius 2 is 1.76 bits per heavy atom. The fourth-order valence-corrected chi connectivity index (χ4v) is 2.89. The highest BCUT2D eigenvalue weighted by Gasteiger charge is 2.29.